The summed E-state index contributed by atoms with van der Waals surface area (Å²) in [6.07, 6.45) is 0. The van der Waals surface area contributed by atoms with Gasteiger partial charge in [0, 0.05) is 5.39 Å². The number of amides is 1. The lowest BCUT2D eigenvalue weighted by molar-refractivity contribution is 0.0996. The molecule has 7 nitrogen and oxygen atoms in total. The van der Waals surface area contributed by atoms with Crippen LogP contribution in [0.2, 0.25) is 0 Å². The van der Waals surface area contributed by atoms with Gasteiger partial charge in [0.05, 0.1) is 11.1 Å². The first-order valence-corrected chi connectivity index (χ1v) is 5.19. The molecular formula is C11H9ClN6O. The summed E-state index contributed by atoms with van der Waals surface area (Å²) >= 11 is 0. The number of hydrogen-bond donors (Lipinski definition) is 2. The highest BCUT2D eigenvalue weighted by atomic mass is 35.5. The number of aromatic amines is 1. The summed E-state index contributed by atoms with van der Waals surface area (Å²) in [4.78, 5) is 15.7. The summed E-state index contributed by atoms with van der Waals surface area (Å²) in [6.45, 7) is 0. The SMILES string of the molecule is Cl.NC(=O)c1nc2ccccc2cc1-c1nn[nH]n1. The molecule has 0 radical (unpaired) electrons. The molecule has 2 heterocycles. The first kappa shape index (κ1) is 12.9. The van der Waals surface area contributed by atoms with E-state index in [0.717, 1.165) is 5.39 Å². The molecule has 0 saturated carbocycles. The number of halogens is 1. The Labute approximate surface area is 113 Å². The summed E-state index contributed by atoms with van der Waals surface area (Å²) in [5, 5.41) is 14.4. The van der Waals surface area contributed by atoms with E-state index in [2.05, 4.69) is 25.6 Å². The molecule has 3 aromatic rings. The van der Waals surface area contributed by atoms with Crippen LogP contribution in [0.5, 0.6) is 0 Å². The largest absolute Gasteiger partial charge is 0.364 e. The van der Waals surface area contributed by atoms with Crippen LogP contribution < -0.4 is 5.73 Å². The van der Waals surface area contributed by atoms with Crippen molar-refractivity contribution < 1.29 is 4.79 Å². The maximum Gasteiger partial charge on any atom is 0.268 e. The Morgan fingerprint density at radius 3 is 2.74 bits per heavy atom. The summed E-state index contributed by atoms with van der Waals surface area (Å²) in [6, 6.07) is 9.19. The Balaban J connectivity index is 0.00000133. The Morgan fingerprint density at radius 2 is 2.05 bits per heavy atom. The van der Waals surface area contributed by atoms with E-state index < -0.39 is 5.91 Å². The van der Waals surface area contributed by atoms with Gasteiger partial charge in [0.2, 0.25) is 5.82 Å². The number of aromatic nitrogens is 5. The molecule has 1 aromatic carbocycles. The van der Waals surface area contributed by atoms with Crippen LogP contribution in [0.4, 0.5) is 0 Å². The number of nitrogens with two attached hydrogens (primary N) is 1. The quantitative estimate of drug-likeness (QED) is 0.723. The average Bonchev–Trinajstić information content (AvgIpc) is 2.91. The van der Waals surface area contributed by atoms with Gasteiger partial charge in [0.15, 0.2) is 0 Å². The number of hydrogen-bond acceptors (Lipinski definition) is 5. The zero-order valence-electron chi connectivity index (χ0n) is 9.57. The van der Waals surface area contributed by atoms with E-state index >= 15 is 0 Å². The van der Waals surface area contributed by atoms with Gasteiger partial charge in [0.25, 0.3) is 5.91 Å². The number of nitrogens with zero attached hydrogens (tertiary/aromatic N) is 4. The number of carbonyl (C=O) groups excluding carboxylic acids is 1. The zero-order valence-corrected chi connectivity index (χ0v) is 10.4. The highest BCUT2D eigenvalue weighted by Crippen LogP contribution is 2.23. The van der Waals surface area contributed by atoms with Gasteiger partial charge >= 0.3 is 0 Å². The molecule has 0 spiro atoms. The van der Waals surface area contributed by atoms with E-state index in [4.69, 9.17) is 5.73 Å². The van der Waals surface area contributed by atoms with Crippen LogP contribution in [-0.2, 0) is 0 Å². The number of H-pyrrole nitrogens is 1. The van der Waals surface area contributed by atoms with E-state index in [-0.39, 0.29) is 18.1 Å². The minimum Gasteiger partial charge on any atom is -0.364 e. The summed E-state index contributed by atoms with van der Waals surface area (Å²) in [5.41, 5.74) is 6.62. The van der Waals surface area contributed by atoms with Crippen molar-refractivity contribution in [2.24, 2.45) is 5.73 Å². The third-order valence-corrected chi connectivity index (χ3v) is 2.54. The molecular weight excluding hydrogens is 268 g/mol. The third kappa shape index (κ3) is 2.23. The van der Waals surface area contributed by atoms with Crippen molar-refractivity contribution in [3.63, 3.8) is 0 Å². The predicted octanol–water partition coefficient (Wildman–Crippen LogP) is 0.936. The molecule has 0 aliphatic carbocycles. The van der Waals surface area contributed by atoms with Crippen molar-refractivity contribution >= 4 is 29.2 Å². The maximum absolute atomic E-state index is 11.4. The predicted molar refractivity (Wildman–Crippen MR) is 70.7 cm³/mol. The number of carbonyl (C=O) groups is 1. The molecule has 0 bridgehead atoms. The number of rotatable bonds is 2. The first-order chi connectivity index (χ1) is 8.75. The first-order valence-electron chi connectivity index (χ1n) is 5.19. The lowest BCUT2D eigenvalue weighted by Gasteiger charge is -2.04. The number of nitrogens with one attached hydrogen (secondary N) is 1. The summed E-state index contributed by atoms with van der Waals surface area (Å²) in [7, 11) is 0. The van der Waals surface area contributed by atoms with Crippen LogP contribution >= 0.6 is 12.4 Å². The zero-order chi connectivity index (χ0) is 12.5. The Hall–Kier alpha value is -2.54. The molecule has 19 heavy (non-hydrogen) atoms. The fourth-order valence-electron chi connectivity index (χ4n) is 1.75. The van der Waals surface area contributed by atoms with Crippen LogP contribution in [0.25, 0.3) is 22.3 Å². The molecule has 0 fully saturated rings. The minimum atomic E-state index is -0.624. The standard InChI is InChI=1S/C11H8N6O.ClH/c12-10(18)9-7(11-14-16-17-15-11)5-6-3-1-2-4-8(6)13-9;/h1-5H,(H2,12,18)(H,14,15,16,17);1H. The van der Waals surface area contributed by atoms with E-state index in [1.165, 1.54) is 0 Å². The lowest BCUT2D eigenvalue weighted by Crippen LogP contribution is -2.15. The molecule has 0 aliphatic rings. The monoisotopic (exact) mass is 276 g/mol. The van der Waals surface area contributed by atoms with Gasteiger partial charge in [-0.05, 0) is 17.3 Å². The van der Waals surface area contributed by atoms with Crippen LogP contribution in [-0.4, -0.2) is 31.5 Å². The molecule has 0 saturated heterocycles. The van der Waals surface area contributed by atoms with Crippen LogP contribution in [0.1, 0.15) is 10.5 Å². The molecule has 2 aromatic heterocycles. The van der Waals surface area contributed by atoms with E-state index in [1.54, 1.807) is 6.07 Å². The highest BCUT2D eigenvalue weighted by Gasteiger charge is 2.16. The van der Waals surface area contributed by atoms with Gasteiger partial charge in [-0.2, -0.15) is 5.21 Å². The molecule has 1 amide bonds. The van der Waals surface area contributed by atoms with Gasteiger partial charge < -0.3 is 5.73 Å². The summed E-state index contributed by atoms with van der Waals surface area (Å²) < 4.78 is 0. The topological polar surface area (TPSA) is 110 Å². The van der Waals surface area contributed by atoms with Crippen molar-refractivity contribution in [3.05, 3.63) is 36.0 Å². The van der Waals surface area contributed by atoms with Crippen molar-refractivity contribution in [1.82, 2.24) is 25.6 Å². The summed E-state index contributed by atoms with van der Waals surface area (Å²) in [5.74, 6) is -0.331. The second kappa shape index (κ2) is 4.99. The van der Waals surface area contributed by atoms with Crippen molar-refractivity contribution in [1.29, 1.82) is 0 Å². The van der Waals surface area contributed by atoms with E-state index in [0.29, 0.717) is 16.9 Å². The van der Waals surface area contributed by atoms with Gasteiger partial charge in [-0.15, -0.1) is 22.6 Å². The number of primary amides is 1. The smallest absolute Gasteiger partial charge is 0.268 e. The second-order valence-electron chi connectivity index (χ2n) is 3.68. The lowest BCUT2D eigenvalue weighted by atomic mass is 10.1. The molecule has 0 unspecified atom stereocenters. The van der Waals surface area contributed by atoms with Crippen LogP contribution in [0.3, 0.4) is 0 Å². The number of fused-ring (bicyclic) bond motifs is 1. The Morgan fingerprint density at radius 1 is 1.26 bits per heavy atom. The molecule has 8 heteroatoms. The normalized spacial score (nSPS) is 10.1. The maximum atomic E-state index is 11.4. The van der Waals surface area contributed by atoms with Crippen molar-refractivity contribution in [3.8, 4) is 11.4 Å². The molecule has 3 N–H and O–H groups in total. The van der Waals surface area contributed by atoms with Crippen molar-refractivity contribution in [2.45, 2.75) is 0 Å². The number of para-hydroxylation sites is 1. The number of pyridine rings is 1. The van der Waals surface area contributed by atoms with E-state index in [1.807, 2.05) is 24.3 Å². The second-order valence-corrected chi connectivity index (χ2v) is 3.68. The van der Waals surface area contributed by atoms with Gasteiger partial charge in [-0.3, -0.25) is 4.79 Å². The minimum absolute atomic E-state index is 0. The fourth-order valence-corrected chi connectivity index (χ4v) is 1.75. The number of benzene rings is 1. The van der Waals surface area contributed by atoms with Gasteiger partial charge in [-0.25, -0.2) is 4.98 Å². The Kier molecular flexibility index (Phi) is 3.39. The average molecular weight is 277 g/mol. The van der Waals surface area contributed by atoms with Crippen molar-refractivity contribution in [2.75, 3.05) is 0 Å². The van der Waals surface area contributed by atoms with E-state index in [9.17, 15) is 4.79 Å². The van der Waals surface area contributed by atoms with Crippen LogP contribution in [0.15, 0.2) is 30.3 Å². The van der Waals surface area contributed by atoms with Gasteiger partial charge in [0.1, 0.15) is 5.69 Å². The highest BCUT2D eigenvalue weighted by molar-refractivity contribution is 6.00. The molecule has 0 aliphatic heterocycles. The fraction of sp³-hybridized carbons (Fsp3) is 0. The third-order valence-electron chi connectivity index (χ3n) is 2.54. The van der Waals surface area contributed by atoms with Gasteiger partial charge in [-0.1, -0.05) is 18.2 Å². The van der Waals surface area contributed by atoms with Crippen LogP contribution in [0, 0.1) is 0 Å². The number of tetrazole rings is 1. The molecule has 96 valence electrons. The Bertz CT molecular complexity index is 727. The molecule has 3 rings (SSSR count). The molecule has 0 atom stereocenters.